The Morgan fingerprint density at radius 1 is 0.773 bits per heavy atom. The molecular formula is C21H34O. The summed E-state index contributed by atoms with van der Waals surface area (Å²) < 4.78 is 0. The number of allylic oxidation sites excluding steroid dienone is 2. The maximum Gasteiger partial charge on any atom is 0.118 e. The zero-order valence-electron chi connectivity index (χ0n) is 14.4. The van der Waals surface area contributed by atoms with Gasteiger partial charge in [-0.05, 0) is 50.2 Å². The van der Waals surface area contributed by atoms with Crippen molar-refractivity contribution in [2.45, 2.75) is 84.0 Å². The van der Waals surface area contributed by atoms with E-state index in [9.17, 15) is 5.11 Å². The van der Waals surface area contributed by atoms with Crippen LogP contribution in [0.1, 0.15) is 83.1 Å². The Morgan fingerprint density at radius 3 is 2.05 bits per heavy atom. The fraction of sp³-hybridized carbons (Fsp3) is 0.619. The molecule has 22 heavy (non-hydrogen) atoms. The maximum atomic E-state index is 9.69. The van der Waals surface area contributed by atoms with Gasteiger partial charge in [0.15, 0.2) is 0 Å². The number of phenols is 1. The summed E-state index contributed by atoms with van der Waals surface area (Å²) in [5, 5.41) is 9.69. The van der Waals surface area contributed by atoms with Crippen LogP contribution >= 0.6 is 0 Å². The summed E-state index contributed by atoms with van der Waals surface area (Å²) in [6, 6.07) is 7.70. The van der Waals surface area contributed by atoms with Crippen LogP contribution in [-0.4, -0.2) is 5.11 Å². The zero-order chi connectivity index (χ0) is 15.9. The average Bonchev–Trinajstić information content (AvgIpc) is 2.53. The molecule has 1 nitrogen and oxygen atoms in total. The van der Waals surface area contributed by atoms with Crippen LogP contribution in [0.2, 0.25) is 0 Å². The number of unbranched alkanes of at least 4 members (excludes halogenated alkanes) is 9. The smallest absolute Gasteiger partial charge is 0.118 e. The first-order valence-corrected chi connectivity index (χ1v) is 9.26. The zero-order valence-corrected chi connectivity index (χ0v) is 14.4. The molecule has 0 spiro atoms. The minimum absolute atomic E-state index is 0.451. The molecule has 0 fully saturated rings. The van der Waals surface area contributed by atoms with Crippen molar-refractivity contribution in [3.8, 4) is 5.75 Å². The van der Waals surface area contributed by atoms with Crippen LogP contribution in [0.15, 0.2) is 36.4 Å². The Labute approximate surface area is 137 Å². The number of para-hydroxylation sites is 1. The summed E-state index contributed by atoms with van der Waals surface area (Å²) in [4.78, 5) is 0. The van der Waals surface area contributed by atoms with E-state index < -0.39 is 0 Å². The van der Waals surface area contributed by atoms with E-state index in [0.29, 0.717) is 5.75 Å². The fourth-order valence-corrected chi connectivity index (χ4v) is 2.75. The molecule has 1 aromatic carbocycles. The summed E-state index contributed by atoms with van der Waals surface area (Å²) in [5.41, 5.74) is 1.09. The maximum absolute atomic E-state index is 9.69. The van der Waals surface area contributed by atoms with Gasteiger partial charge in [-0.15, -0.1) is 0 Å². The third-order valence-electron chi connectivity index (χ3n) is 4.20. The van der Waals surface area contributed by atoms with Crippen molar-refractivity contribution in [2.24, 2.45) is 0 Å². The third-order valence-corrected chi connectivity index (χ3v) is 4.20. The highest BCUT2D eigenvalue weighted by atomic mass is 16.3. The van der Waals surface area contributed by atoms with Crippen molar-refractivity contribution in [1.29, 1.82) is 0 Å². The molecule has 0 heterocycles. The number of rotatable bonds is 13. The molecular weight excluding hydrogens is 268 g/mol. The Morgan fingerprint density at radius 2 is 1.36 bits per heavy atom. The Balaban J connectivity index is 1.87. The molecule has 0 aromatic heterocycles. The minimum atomic E-state index is 0.451. The Kier molecular flexibility index (Phi) is 11.5. The lowest BCUT2D eigenvalue weighted by atomic mass is 10.0. The van der Waals surface area contributed by atoms with E-state index in [4.69, 9.17) is 0 Å². The molecule has 1 heteroatoms. The molecule has 1 rings (SSSR count). The molecule has 0 atom stereocenters. The Bertz CT molecular complexity index is 395. The second-order valence-corrected chi connectivity index (χ2v) is 6.26. The molecule has 0 radical (unpaired) electrons. The highest BCUT2D eigenvalue weighted by molar-refractivity contribution is 5.31. The van der Waals surface area contributed by atoms with Gasteiger partial charge in [-0.2, -0.15) is 0 Å². The molecule has 0 aliphatic carbocycles. The van der Waals surface area contributed by atoms with Gasteiger partial charge in [0.05, 0.1) is 0 Å². The Hall–Kier alpha value is -1.24. The number of hydrogen-bond donors (Lipinski definition) is 1. The summed E-state index contributed by atoms with van der Waals surface area (Å²) in [5.74, 6) is 0.451. The van der Waals surface area contributed by atoms with Crippen LogP contribution in [0.3, 0.4) is 0 Å². The van der Waals surface area contributed by atoms with E-state index in [0.717, 1.165) is 12.0 Å². The first-order chi connectivity index (χ1) is 10.8. The van der Waals surface area contributed by atoms with Gasteiger partial charge in [0.2, 0.25) is 0 Å². The highest BCUT2D eigenvalue weighted by Crippen LogP contribution is 2.18. The third kappa shape index (κ3) is 9.65. The second-order valence-electron chi connectivity index (χ2n) is 6.26. The van der Waals surface area contributed by atoms with Gasteiger partial charge < -0.3 is 5.11 Å². The lowest BCUT2D eigenvalue weighted by molar-refractivity contribution is 0.466. The van der Waals surface area contributed by atoms with Crippen molar-refractivity contribution in [3.63, 3.8) is 0 Å². The van der Waals surface area contributed by atoms with Crippen molar-refractivity contribution in [1.82, 2.24) is 0 Å². The lowest BCUT2D eigenvalue weighted by Gasteiger charge is -2.04. The van der Waals surface area contributed by atoms with Gasteiger partial charge in [0.25, 0.3) is 0 Å². The van der Waals surface area contributed by atoms with Crippen molar-refractivity contribution in [2.75, 3.05) is 0 Å². The van der Waals surface area contributed by atoms with Crippen LogP contribution < -0.4 is 0 Å². The van der Waals surface area contributed by atoms with Gasteiger partial charge in [-0.1, -0.05) is 75.8 Å². The molecule has 0 saturated carbocycles. The van der Waals surface area contributed by atoms with Crippen LogP contribution in [-0.2, 0) is 6.42 Å². The van der Waals surface area contributed by atoms with Gasteiger partial charge in [-0.3, -0.25) is 0 Å². The normalized spacial score (nSPS) is 11.3. The molecule has 1 aromatic rings. The highest BCUT2D eigenvalue weighted by Gasteiger charge is 1.98. The first kappa shape index (κ1) is 18.8. The number of phenolic OH excluding ortho intramolecular Hbond substituents is 1. The van der Waals surface area contributed by atoms with E-state index in [1.54, 1.807) is 6.07 Å². The average molecular weight is 303 g/mol. The molecule has 124 valence electrons. The number of hydrogen-bond acceptors (Lipinski definition) is 1. The molecule has 0 unspecified atom stereocenters. The monoisotopic (exact) mass is 302 g/mol. The first-order valence-electron chi connectivity index (χ1n) is 9.26. The van der Waals surface area contributed by atoms with E-state index in [-0.39, 0.29) is 0 Å². The molecule has 0 bridgehead atoms. The molecule has 0 aliphatic heterocycles. The standard InChI is InChI=1S/C21H34O/c1-2-3-4-5-6-7-8-9-10-11-12-13-14-17-20-18-15-16-19-21(20)22/h7-8,15-16,18-19,22H,2-6,9-14,17H2,1H3. The molecule has 1 N–H and O–H groups in total. The lowest BCUT2D eigenvalue weighted by Crippen LogP contribution is -1.86. The van der Waals surface area contributed by atoms with Gasteiger partial charge in [0, 0.05) is 0 Å². The summed E-state index contributed by atoms with van der Waals surface area (Å²) in [6.45, 7) is 2.26. The molecule has 0 saturated heterocycles. The summed E-state index contributed by atoms with van der Waals surface area (Å²) >= 11 is 0. The van der Waals surface area contributed by atoms with Crippen LogP contribution in [0, 0.1) is 0 Å². The summed E-state index contributed by atoms with van der Waals surface area (Å²) in [7, 11) is 0. The van der Waals surface area contributed by atoms with E-state index >= 15 is 0 Å². The largest absolute Gasteiger partial charge is 0.508 e. The number of benzene rings is 1. The van der Waals surface area contributed by atoms with Crippen molar-refractivity contribution in [3.05, 3.63) is 42.0 Å². The van der Waals surface area contributed by atoms with Gasteiger partial charge >= 0.3 is 0 Å². The predicted octanol–water partition coefficient (Wildman–Crippen LogP) is 6.80. The predicted molar refractivity (Wildman–Crippen MR) is 97.4 cm³/mol. The van der Waals surface area contributed by atoms with Gasteiger partial charge in [-0.25, -0.2) is 0 Å². The topological polar surface area (TPSA) is 20.2 Å². The summed E-state index contributed by atoms with van der Waals surface area (Å²) in [6.07, 6.45) is 20.1. The van der Waals surface area contributed by atoms with E-state index in [2.05, 4.69) is 19.1 Å². The quantitative estimate of drug-likeness (QED) is 0.314. The SMILES string of the molecule is CCCCCCC=CCCCCCCCc1ccccc1O. The van der Waals surface area contributed by atoms with Crippen molar-refractivity contribution < 1.29 is 5.11 Å². The molecule has 0 amide bonds. The van der Waals surface area contributed by atoms with Gasteiger partial charge in [0.1, 0.15) is 5.75 Å². The minimum Gasteiger partial charge on any atom is -0.508 e. The molecule has 0 aliphatic rings. The second kappa shape index (κ2) is 13.4. The number of aromatic hydroxyl groups is 1. The van der Waals surface area contributed by atoms with Crippen LogP contribution in [0.4, 0.5) is 0 Å². The van der Waals surface area contributed by atoms with Crippen LogP contribution in [0.25, 0.3) is 0 Å². The fourth-order valence-electron chi connectivity index (χ4n) is 2.75. The number of aryl methyl sites for hydroxylation is 1. The van der Waals surface area contributed by atoms with Crippen molar-refractivity contribution >= 4 is 0 Å². The van der Waals surface area contributed by atoms with E-state index in [1.165, 1.54) is 70.6 Å². The van der Waals surface area contributed by atoms with Crippen LogP contribution in [0.5, 0.6) is 5.75 Å². The van der Waals surface area contributed by atoms with E-state index in [1.807, 2.05) is 18.2 Å².